The van der Waals surface area contributed by atoms with Crippen LogP contribution in [0.5, 0.6) is 0 Å². The third kappa shape index (κ3) is 6.62. The van der Waals surface area contributed by atoms with Crippen molar-refractivity contribution in [2.24, 2.45) is 0 Å². The van der Waals surface area contributed by atoms with Gasteiger partial charge in [0.15, 0.2) is 9.84 Å². The first-order valence-electron chi connectivity index (χ1n) is 4.43. The predicted molar refractivity (Wildman–Crippen MR) is 58.3 cm³/mol. The number of hydrogen-bond acceptors (Lipinski definition) is 5. The topological polar surface area (TPSA) is 85.3 Å². The van der Waals surface area contributed by atoms with E-state index in [-0.39, 0.29) is 12.2 Å². The van der Waals surface area contributed by atoms with Gasteiger partial charge in [0.2, 0.25) is 0 Å². The van der Waals surface area contributed by atoms with Crippen LogP contribution >= 0.6 is 0 Å². The zero-order valence-corrected chi connectivity index (χ0v) is 10.7. The van der Waals surface area contributed by atoms with Crippen molar-refractivity contribution in [2.75, 3.05) is 17.8 Å². The van der Waals surface area contributed by atoms with Crippen LogP contribution in [0.15, 0.2) is 0 Å². The Kier molecular flexibility index (Phi) is 4.92. The molecule has 0 rings (SSSR count). The van der Waals surface area contributed by atoms with Gasteiger partial charge in [0.05, 0.1) is 16.8 Å². The van der Waals surface area contributed by atoms with Crippen LogP contribution in [-0.2, 0) is 24.5 Å². The summed E-state index contributed by atoms with van der Waals surface area (Å²) in [4.78, 5) is 10.7. The lowest BCUT2D eigenvalue weighted by Gasteiger charge is -2.10. The van der Waals surface area contributed by atoms with Crippen LogP contribution in [0.3, 0.4) is 0 Å². The van der Waals surface area contributed by atoms with Gasteiger partial charge in [-0.3, -0.25) is 4.79 Å². The first-order chi connectivity index (χ1) is 6.54. The first-order valence-corrected chi connectivity index (χ1v) is 8.21. The van der Waals surface area contributed by atoms with Crippen molar-refractivity contribution < 1.29 is 21.6 Å². The van der Waals surface area contributed by atoms with Crippen molar-refractivity contribution in [2.45, 2.75) is 25.5 Å². The summed E-state index contributed by atoms with van der Waals surface area (Å²) >= 11 is 0. The number of Topliss-reactive ketones (excluding diaryl/α,β-unsaturated/α-hetero) is 1. The summed E-state index contributed by atoms with van der Waals surface area (Å²) in [5.41, 5.74) is 0. The van der Waals surface area contributed by atoms with Crippen molar-refractivity contribution in [3.63, 3.8) is 0 Å². The van der Waals surface area contributed by atoms with E-state index < -0.39 is 36.4 Å². The number of rotatable bonds is 6. The molecule has 0 spiro atoms. The van der Waals surface area contributed by atoms with E-state index in [0.29, 0.717) is 0 Å². The maximum absolute atomic E-state index is 11.5. The van der Waals surface area contributed by atoms with Gasteiger partial charge >= 0.3 is 0 Å². The minimum absolute atomic E-state index is 0.0634. The monoisotopic (exact) mass is 256 g/mol. The Bertz CT molecular complexity index is 418. The Morgan fingerprint density at radius 2 is 1.60 bits per heavy atom. The molecule has 0 saturated heterocycles. The summed E-state index contributed by atoms with van der Waals surface area (Å²) in [7, 11) is -6.77. The van der Waals surface area contributed by atoms with Gasteiger partial charge < -0.3 is 0 Å². The highest BCUT2D eigenvalue weighted by Crippen LogP contribution is 2.07. The van der Waals surface area contributed by atoms with Gasteiger partial charge in [0, 0.05) is 12.7 Å². The van der Waals surface area contributed by atoms with E-state index in [2.05, 4.69) is 0 Å². The van der Waals surface area contributed by atoms with Crippen molar-refractivity contribution in [1.82, 2.24) is 0 Å². The quantitative estimate of drug-likeness (QED) is 0.657. The van der Waals surface area contributed by atoms with Gasteiger partial charge in [-0.2, -0.15) is 0 Å². The highest BCUT2D eigenvalue weighted by atomic mass is 32.2. The molecular formula is C8H16O5S2. The Morgan fingerprint density at radius 3 is 1.93 bits per heavy atom. The largest absolute Gasteiger partial charge is 0.300 e. The fraction of sp³-hybridized carbons (Fsp3) is 0.875. The van der Waals surface area contributed by atoms with Crippen molar-refractivity contribution >= 4 is 25.5 Å². The smallest absolute Gasteiger partial charge is 0.154 e. The molecule has 0 aromatic heterocycles. The highest BCUT2D eigenvalue weighted by molar-refractivity contribution is 7.95. The van der Waals surface area contributed by atoms with Gasteiger partial charge in [-0.15, -0.1) is 0 Å². The Labute approximate surface area is 90.7 Å². The molecule has 0 bridgehead atoms. The molecule has 0 radical (unpaired) electrons. The van der Waals surface area contributed by atoms with E-state index in [4.69, 9.17) is 0 Å². The van der Waals surface area contributed by atoms with E-state index in [1.165, 1.54) is 13.8 Å². The molecule has 0 aliphatic rings. The van der Waals surface area contributed by atoms with Crippen LogP contribution in [0.1, 0.15) is 20.3 Å². The van der Waals surface area contributed by atoms with Crippen LogP contribution in [0.2, 0.25) is 0 Å². The number of hydrogen-bond donors (Lipinski definition) is 0. The van der Waals surface area contributed by atoms with E-state index in [1.54, 1.807) is 0 Å². The summed E-state index contributed by atoms with van der Waals surface area (Å²) in [5, 5.41) is -0.809. The Balaban J connectivity index is 4.50. The van der Waals surface area contributed by atoms with Gasteiger partial charge in [-0.1, -0.05) is 0 Å². The van der Waals surface area contributed by atoms with Gasteiger partial charge in [0.1, 0.15) is 15.6 Å². The molecule has 5 nitrogen and oxygen atoms in total. The SMILES string of the molecule is CC(=O)CC(C)S(=O)(=O)CCS(C)(=O)=O. The summed E-state index contributed by atoms with van der Waals surface area (Å²) in [6, 6.07) is 0. The van der Waals surface area contributed by atoms with Crippen molar-refractivity contribution in [3.05, 3.63) is 0 Å². The second kappa shape index (κ2) is 5.07. The average molecular weight is 256 g/mol. The molecule has 0 heterocycles. The first kappa shape index (κ1) is 14.6. The van der Waals surface area contributed by atoms with Crippen LogP contribution in [-0.4, -0.2) is 45.6 Å². The van der Waals surface area contributed by atoms with E-state index in [0.717, 1.165) is 6.26 Å². The van der Waals surface area contributed by atoms with E-state index >= 15 is 0 Å². The minimum atomic E-state index is -3.49. The molecule has 0 saturated carbocycles. The molecule has 0 aliphatic carbocycles. The highest BCUT2D eigenvalue weighted by Gasteiger charge is 2.23. The summed E-state index contributed by atoms with van der Waals surface area (Å²) in [6.07, 6.45) is 0.921. The molecule has 0 N–H and O–H groups in total. The fourth-order valence-corrected chi connectivity index (χ4v) is 4.03. The molecule has 90 valence electrons. The van der Waals surface area contributed by atoms with Crippen molar-refractivity contribution in [3.8, 4) is 0 Å². The van der Waals surface area contributed by atoms with Crippen LogP contribution in [0.25, 0.3) is 0 Å². The lowest BCUT2D eigenvalue weighted by Crippen LogP contribution is -2.26. The number of ketones is 1. The third-order valence-electron chi connectivity index (χ3n) is 1.93. The van der Waals surface area contributed by atoms with Gasteiger partial charge in [-0.05, 0) is 13.8 Å². The zero-order chi connectivity index (χ0) is 12.3. The summed E-state index contributed by atoms with van der Waals surface area (Å²) in [6.45, 7) is 2.72. The molecule has 1 atom stereocenters. The summed E-state index contributed by atoms with van der Waals surface area (Å²) in [5.74, 6) is -1.02. The minimum Gasteiger partial charge on any atom is -0.300 e. The maximum atomic E-state index is 11.5. The molecule has 0 amide bonds. The molecule has 0 aromatic rings. The number of carbonyl (C=O) groups is 1. The normalized spacial score (nSPS) is 14.9. The molecular weight excluding hydrogens is 240 g/mol. The predicted octanol–water partition coefficient (Wildman–Crippen LogP) is -0.187. The zero-order valence-electron chi connectivity index (χ0n) is 9.06. The Morgan fingerprint density at radius 1 is 1.13 bits per heavy atom. The lowest BCUT2D eigenvalue weighted by atomic mass is 10.2. The Hall–Kier alpha value is -0.430. The third-order valence-corrected chi connectivity index (χ3v) is 5.30. The standard InChI is InChI=1S/C8H16O5S2/c1-7(9)6-8(2)15(12,13)5-4-14(3,10)11/h8H,4-6H2,1-3H3. The number of carbonyl (C=O) groups excluding carboxylic acids is 1. The fourth-order valence-electron chi connectivity index (χ4n) is 1.00. The molecule has 0 aromatic carbocycles. The molecule has 15 heavy (non-hydrogen) atoms. The van der Waals surface area contributed by atoms with Crippen LogP contribution in [0, 0.1) is 0 Å². The number of sulfone groups is 2. The second-order valence-electron chi connectivity index (χ2n) is 3.71. The maximum Gasteiger partial charge on any atom is 0.154 e. The molecule has 1 unspecified atom stereocenters. The summed E-state index contributed by atoms with van der Waals surface area (Å²) < 4.78 is 44.6. The van der Waals surface area contributed by atoms with E-state index in [1.807, 2.05) is 0 Å². The molecule has 7 heteroatoms. The van der Waals surface area contributed by atoms with Gasteiger partial charge in [-0.25, -0.2) is 16.8 Å². The molecule has 0 aliphatic heterocycles. The second-order valence-corrected chi connectivity index (χ2v) is 8.51. The van der Waals surface area contributed by atoms with Crippen molar-refractivity contribution in [1.29, 1.82) is 0 Å². The lowest BCUT2D eigenvalue weighted by molar-refractivity contribution is -0.116. The van der Waals surface area contributed by atoms with Crippen LogP contribution < -0.4 is 0 Å². The van der Waals surface area contributed by atoms with Crippen LogP contribution in [0.4, 0.5) is 0 Å². The van der Waals surface area contributed by atoms with Gasteiger partial charge in [0.25, 0.3) is 0 Å². The van der Waals surface area contributed by atoms with E-state index in [9.17, 15) is 21.6 Å². The average Bonchev–Trinajstić information content (AvgIpc) is 1.98. The molecule has 0 fully saturated rings.